The fraction of sp³-hybridized carbons (Fsp3) is 0.357. The van der Waals surface area contributed by atoms with Gasteiger partial charge in [0.05, 0.1) is 35.0 Å². The molecule has 20 heavy (non-hydrogen) atoms. The summed E-state index contributed by atoms with van der Waals surface area (Å²) in [5.74, 6) is -0.330. The molecule has 0 bridgehead atoms. The summed E-state index contributed by atoms with van der Waals surface area (Å²) in [6, 6.07) is 4.62. The molecule has 1 fully saturated rings. The summed E-state index contributed by atoms with van der Waals surface area (Å²) in [4.78, 5) is 4.19. The van der Waals surface area contributed by atoms with Gasteiger partial charge in [-0.1, -0.05) is 11.6 Å². The molecule has 0 saturated heterocycles. The third kappa shape index (κ3) is 2.64. The Morgan fingerprint density at radius 3 is 3.00 bits per heavy atom. The molecule has 0 spiro atoms. The molecule has 0 amide bonds. The van der Waals surface area contributed by atoms with Crippen molar-refractivity contribution < 1.29 is 4.39 Å². The van der Waals surface area contributed by atoms with Gasteiger partial charge >= 0.3 is 0 Å². The van der Waals surface area contributed by atoms with E-state index < -0.39 is 0 Å². The predicted octanol–water partition coefficient (Wildman–Crippen LogP) is 3.12. The summed E-state index contributed by atoms with van der Waals surface area (Å²) in [7, 11) is 0. The zero-order chi connectivity index (χ0) is 14.1. The summed E-state index contributed by atoms with van der Waals surface area (Å²) in [6.07, 6.45) is 5.96. The van der Waals surface area contributed by atoms with E-state index >= 15 is 0 Å². The highest BCUT2D eigenvalue weighted by molar-refractivity contribution is 6.33. The number of rotatable bonds is 5. The lowest BCUT2D eigenvalue weighted by atomic mass is 10.2. The van der Waals surface area contributed by atoms with Gasteiger partial charge in [0.1, 0.15) is 5.82 Å². The molecule has 1 aromatic heterocycles. The molecule has 1 aliphatic rings. The molecular weight excluding hydrogens is 279 g/mol. The number of imidazole rings is 1. The second-order valence-electron chi connectivity index (χ2n) is 5.01. The Hall–Kier alpha value is -1.59. The molecule has 1 saturated carbocycles. The molecule has 1 aromatic carbocycles. The molecule has 1 heterocycles. The van der Waals surface area contributed by atoms with Crippen LogP contribution in [0.4, 0.5) is 10.1 Å². The summed E-state index contributed by atoms with van der Waals surface area (Å²) in [5, 5.41) is 3.68. The van der Waals surface area contributed by atoms with Crippen LogP contribution in [0.15, 0.2) is 30.7 Å². The standard InChI is InChI=1S/C14H16ClFN4/c15-11-4-1-9(16)5-12(11)19-13(6-17)14-7-18-8-20(14)10-2-3-10/h1,4-5,7-8,10,13,19H,2-3,6,17H2. The first-order chi connectivity index (χ1) is 9.69. The maximum Gasteiger partial charge on any atom is 0.125 e. The van der Waals surface area contributed by atoms with Crippen molar-refractivity contribution in [2.45, 2.75) is 24.9 Å². The first-order valence-corrected chi connectivity index (χ1v) is 7.00. The van der Waals surface area contributed by atoms with Crippen LogP contribution in [-0.4, -0.2) is 16.1 Å². The van der Waals surface area contributed by atoms with Gasteiger partial charge in [0.15, 0.2) is 0 Å². The van der Waals surface area contributed by atoms with Crippen molar-refractivity contribution in [3.05, 3.63) is 47.3 Å². The molecule has 3 rings (SSSR count). The van der Waals surface area contributed by atoms with E-state index in [1.165, 1.54) is 31.0 Å². The smallest absolute Gasteiger partial charge is 0.125 e. The van der Waals surface area contributed by atoms with E-state index in [1.54, 1.807) is 6.20 Å². The Balaban J connectivity index is 1.86. The molecule has 6 heteroatoms. The average molecular weight is 295 g/mol. The normalized spacial score (nSPS) is 16.1. The first kappa shape index (κ1) is 13.4. The molecule has 1 unspecified atom stereocenters. The zero-order valence-corrected chi connectivity index (χ0v) is 11.6. The highest BCUT2D eigenvalue weighted by Crippen LogP contribution is 2.37. The Bertz CT molecular complexity index is 609. The fourth-order valence-corrected chi connectivity index (χ4v) is 2.46. The van der Waals surface area contributed by atoms with Crippen molar-refractivity contribution in [3.8, 4) is 0 Å². The van der Waals surface area contributed by atoms with Crippen LogP contribution in [0.1, 0.15) is 30.6 Å². The van der Waals surface area contributed by atoms with Crippen LogP contribution in [0.2, 0.25) is 5.02 Å². The van der Waals surface area contributed by atoms with Crippen molar-refractivity contribution >= 4 is 17.3 Å². The molecule has 1 aliphatic carbocycles. The van der Waals surface area contributed by atoms with E-state index in [0.29, 0.717) is 23.3 Å². The Labute approximate surface area is 121 Å². The minimum atomic E-state index is -0.330. The van der Waals surface area contributed by atoms with Crippen molar-refractivity contribution in [2.24, 2.45) is 5.73 Å². The van der Waals surface area contributed by atoms with Crippen LogP contribution < -0.4 is 11.1 Å². The molecule has 3 N–H and O–H groups in total. The lowest BCUT2D eigenvalue weighted by molar-refractivity contribution is 0.624. The largest absolute Gasteiger partial charge is 0.374 e. The van der Waals surface area contributed by atoms with Gasteiger partial charge in [-0.05, 0) is 31.0 Å². The highest BCUT2D eigenvalue weighted by Gasteiger charge is 2.27. The zero-order valence-electron chi connectivity index (χ0n) is 10.9. The molecule has 2 aromatic rings. The van der Waals surface area contributed by atoms with Crippen LogP contribution in [0, 0.1) is 5.82 Å². The van der Waals surface area contributed by atoms with E-state index in [2.05, 4.69) is 14.9 Å². The van der Waals surface area contributed by atoms with Gasteiger partial charge in [0.2, 0.25) is 0 Å². The molecule has 0 radical (unpaired) electrons. The van der Waals surface area contributed by atoms with Gasteiger partial charge in [-0.3, -0.25) is 0 Å². The second-order valence-corrected chi connectivity index (χ2v) is 5.42. The van der Waals surface area contributed by atoms with Crippen LogP contribution in [0.25, 0.3) is 0 Å². The van der Waals surface area contributed by atoms with Gasteiger partial charge in [-0.25, -0.2) is 9.37 Å². The maximum absolute atomic E-state index is 13.3. The monoisotopic (exact) mass is 294 g/mol. The van der Waals surface area contributed by atoms with Gasteiger partial charge in [0, 0.05) is 12.6 Å². The summed E-state index contributed by atoms with van der Waals surface area (Å²) in [5.41, 5.74) is 7.41. The van der Waals surface area contributed by atoms with Crippen LogP contribution >= 0.6 is 11.6 Å². The molecular formula is C14H16ClFN4. The Morgan fingerprint density at radius 2 is 2.30 bits per heavy atom. The number of nitrogens with one attached hydrogen (secondary N) is 1. The SMILES string of the molecule is NCC(Nc1cc(F)ccc1Cl)c1cncn1C1CC1. The van der Waals surface area contributed by atoms with Gasteiger partial charge in [0.25, 0.3) is 0 Å². The van der Waals surface area contributed by atoms with Gasteiger partial charge in [-0.15, -0.1) is 0 Å². The third-order valence-electron chi connectivity index (χ3n) is 3.49. The van der Waals surface area contributed by atoms with Gasteiger partial charge in [-0.2, -0.15) is 0 Å². The number of hydrogen-bond donors (Lipinski definition) is 2. The van der Waals surface area contributed by atoms with Gasteiger partial charge < -0.3 is 15.6 Å². The predicted molar refractivity (Wildman–Crippen MR) is 77.3 cm³/mol. The molecule has 4 nitrogen and oxygen atoms in total. The highest BCUT2D eigenvalue weighted by atomic mass is 35.5. The number of halogens is 2. The fourth-order valence-electron chi connectivity index (χ4n) is 2.29. The summed E-state index contributed by atoms with van der Waals surface area (Å²) >= 11 is 6.08. The summed E-state index contributed by atoms with van der Waals surface area (Å²) < 4.78 is 15.5. The molecule has 0 aliphatic heterocycles. The van der Waals surface area contributed by atoms with Crippen LogP contribution in [0.5, 0.6) is 0 Å². The maximum atomic E-state index is 13.3. The number of benzene rings is 1. The minimum absolute atomic E-state index is 0.141. The van der Waals surface area contributed by atoms with Crippen molar-refractivity contribution in [2.75, 3.05) is 11.9 Å². The number of nitrogens with zero attached hydrogens (tertiary/aromatic N) is 2. The molecule has 106 valence electrons. The van der Waals surface area contributed by atoms with E-state index in [9.17, 15) is 4.39 Å². The number of aromatic nitrogens is 2. The number of anilines is 1. The van der Waals surface area contributed by atoms with Crippen LogP contribution in [0.3, 0.4) is 0 Å². The quantitative estimate of drug-likeness (QED) is 0.891. The van der Waals surface area contributed by atoms with E-state index in [1.807, 2.05) is 6.33 Å². The molecule has 1 atom stereocenters. The lowest BCUT2D eigenvalue weighted by Crippen LogP contribution is -2.23. The third-order valence-corrected chi connectivity index (χ3v) is 3.82. The Kier molecular flexibility index (Phi) is 3.63. The van der Waals surface area contributed by atoms with Crippen molar-refractivity contribution in [1.82, 2.24) is 9.55 Å². The topological polar surface area (TPSA) is 55.9 Å². The van der Waals surface area contributed by atoms with Crippen LogP contribution in [-0.2, 0) is 0 Å². The number of hydrogen-bond acceptors (Lipinski definition) is 3. The van der Waals surface area contributed by atoms with Crippen molar-refractivity contribution in [1.29, 1.82) is 0 Å². The minimum Gasteiger partial charge on any atom is -0.374 e. The average Bonchev–Trinajstić information content (AvgIpc) is 3.18. The van der Waals surface area contributed by atoms with E-state index in [4.69, 9.17) is 17.3 Å². The number of nitrogens with two attached hydrogens (primary N) is 1. The Morgan fingerprint density at radius 1 is 1.50 bits per heavy atom. The van der Waals surface area contributed by atoms with E-state index in [-0.39, 0.29) is 11.9 Å². The lowest BCUT2D eigenvalue weighted by Gasteiger charge is -2.20. The summed E-state index contributed by atoms with van der Waals surface area (Å²) in [6.45, 7) is 0.380. The first-order valence-electron chi connectivity index (χ1n) is 6.62. The second kappa shape index (κ2) is 5.42. The van der Waals surface area contributed by atoms with Crippen molar-refractivity contribution in [3.63, 3.8) is 0 Å². The van der Waals surface area contributed by atoms with E-state index in [0.717, 1.165) is 5.69 Å².